The lowest BCUT2D eigenvalue weighted by Crippen LogP contribution is -2.53. The van der Waals surface area contributed by atoms with Crippen LogP contribution in [-0.2, 0) is 11.2 Å². The van der Waals surface area contributed by atoms with Crippen LogP contribution in [0.25, 0.3) is 0 Å². The number of fused-ring (bicyclic) bond motifs is 1. The lowest BCUT2D eigenvalue weighted by molar-refractivity contribution is -0.137. The van der Waals surface area contributed by atoms with Crippen molar-refractivity contribution in [1.82, 2.24) is 10.2 Å². The van der Waals surface area contributed by atoms with Crippen LogP contribution in [0.15, 0.2) is 42.5 Å². The summed E-state index contributed by atoms with van der Waals surface area (Å²) in [6.45, 7) is 6.50. The second-order valence-electron chi connectivity index (χ2n) is 7.92. The number of carbonyl (C=O) groups excluding carboxylic acids is 2. The van der Waals surface area contributed by atoms with Crippen molar-refractivity contribution in [3.05, 3.63) is 59.2 Å². The first-order valence-corrected chi connectivity index (χ1v) is 10.3. The van der Waals surface area contributed by atoms with Crippen molar-refractivity contribution in [2.24, 2.45) is 5.92 Å². The predicted octanol–water partition coefficient (Wildman–Crippen LogP) is 3.60. The Bertz CT molecular complexity index is 911. The summed E-state index contributed by atoms with van der Waals surface area (Å²) in [5.74, 6) is 0.999. The van der Waals surface area contributed by atoms with Gasteiger partial charge in [0, 0.05) is 12.1 Å². The molecule has 0 saturated heterocycles. The zero-order valence-corrected chi connectivity index (χ0v) is 18.3. The average molecular weight is 411 g/mol. The number of ether oxygens (including phenoxy) is 2. The number of hydrogen-bond acceptors (Lipinski definition) is 4. The molecule has 6 heteroatoms. The molecule has 2 aromatic rings. The first-order chi connectivity index (χ1) is 14.4. The third-order valence-corrected chi connectivity index (χ3v) is 5.72. The van der Waals surface area contributed by atoms with E-state index in [9.17, 15) is 9.59 Å². The summed E-state index contributed by atoms with van der Waals surface area (Å²) in [4.78, 5) is 28.0. The fourth-order valence-electron chi connectivity index (χ4n) is 3.95. The summed E-state index contributed by atoms with van der Waals surface area (Å²) in [5.41, 5.74) is 2.74. The van der Waals surface area contributed by atoms with E-state index in [1.54, 1.807) is 26.4 Å². The van der Waals surface area contributed by atoms with E-state index in [0.717, 1.165) is 17.5 Å². The Morgan fingerprint density at radius 3 is 2.30 bits per heavy atom. The molecule has 1 aliphatic heterocycles. The van der Waals surface area contributed by atoms with Crippen molar-refractivity contribution in [1.29, 1.82) is 0 Å². The van der Waals surface area contributed by atoms with Gasteiger partial charge in [-0.2, -0.15) is 0 Å². The topological polar surface area (TPSA) is 67.9 Å². The highest BCUT2D eigenvalue weighted by Crippen LogP contribution is 2.38. The average Bonchev–Trinajstić information content (AvgIpc) is 2.76. The number of carbonyl (C=O) groups is 2. The molecule has 2 amide bonds. The molecule has 0 bridgehead atoms. The zero-order valence-electron chi connectivity index (χ0n) is 18.3. The first kappa shape index (κ1) is 21.7. The quantitative estimate of drug-likeness (QED) is 0.790. The van der Waals surface area contributed by atoms with Crippen LogP contribution in [0.3, 0.4) is 0 Å². The van der Waals surface area contributed by atoms with Crippen LogP contribution >= 0.6 is 0 Å². The molecule has 30 heavy (non-hydrogen) atoms. The van der Waals surface area contributed by atoms with Crippen LogP contribution in [0.5, 0.6) is 11.5 Å². The van der Waals surface area contributed by atoms with Crippen LogP contribution in [0.2, 0.25) is 0 Å². The molecule has 1 aliphatic rings. The van der Waals surface area contributed by atoms with Gasteiger partial charge in [0.2, 0.25) is 5.91 Å². The fourth-order valence-corrected chi connectivity index (χ4v) is 3.95. The number of methoxy groups -OCH3 is 2. The maximum Gasteiger partial charge on any atom is 0.251 e. The van der Waals surface area contributed by atoms with Gasteiger partial charge in [-0.05, 0) is 54.7 Å². The molecular formula is C24H30N2O4. The van der Waals surface area contributed by atoms with Gasteiger partial charge in [-0.25, -0.2) is 0 Å². The van der Waals surface area contributed by atoms with E-state index >= 15 is 0 Å². The van der Waals surface area contributed by atoms with Crippen LogP contribution in [0, 0.1) is 5.92 Å². The highest BCUT2D eigenvalue weighted by atomic mass is 16.5. The molecule has 2 aromatic carbocycles. The molecule has 3 rings (SSSR count). The molecule has 0 fully saturated rings. The van der Waals surface area contributed by atoms with Gasteiger partial charge in [0.05, 0.1) is 20.3 Å². The molecule has 0 spiro atoms. The van der Waals surface area contributed by atoms with Crippen LogP contribution < -0.4 is 14.8 Å². The fraction of sp³-hybridized carbons (Fsp3) is 0.417. The third kappa shape index (κ3) is 4.27. The Morgan fingerprint density at radius 2 is 1.70 bits per heavy atom. The van der Waals surface area contributed by atoms with Gasteiger partial charge in [0.1, 0.15) is 6.04 Å². The number of hydrogen-bond donors (Lipinski definition) is 1. The summed E-state index contributed by atoms with van der Waals surface area (Å²) in [7, 11) is 3.23. The Hall–Kier alpha value is -3.02. The molecule has 2 atom stereocenters. The van der Waals surface area contributed by atoms with Crippen LogP contribution in [0.4, 0.5) is 0 Å². The lowest BCUT2D eigenvalue weighted by Gasteiger charge is -2.38. The number of rotatable bonds is 6. The lowest BCUT2D eigenvalue weighted by atomic mass is 9.91. The number of nitrogens with one attached hydrogen (secondary N) is 1. The summed E-state index contributed by atoms with van der Waals surface area (Å²) in [5, 5.41) is 2.94. The molecule has 6 nitrogen and oxygen atoms in total. The smallest absolute Gasteiger partial charge is 0.251 e. The minimum absolute atomic E-state index is 0.0378. The van der Waals surface area contributed by atoms with E-state index in [1.807, 2.05) is 56.0 Å². The normalized spacial score (nSPS) is 16.6. The van der Waals surface area contributed by atoms with E-state index in [2.05, 4.69) is 5.32 Å². The van der Waals surface area contributed by atoms with E-state index in [4.69, 9.17) is 9.47 Å². The van der Waals surface area contributed by atoms with Crippen molar-refractivity contribution in [3.8, 4) is 11.5 Å². The van der Waals surface area contributed by atoms with E-state index in [-0.39, 0.29) is 23.8 Å². The Balaban J connectivity index is 1.83. The highest BCUT2D eigenvalue weighted by molar-refractivity contribution is 5.97. The summed E-state index contributed by atoms with van der Waals surface area (Å²) < 4.78 is 10.9. The number of amides is 2. The van der Waals surface area contributed by atoms with E-state index < -0.39 is 6.04 Å². The predicted molar refractivity (Wildman–Crippen MR) is 116 cm³/mol. The monoisotopic (exact) mass is 410 g/mol. The van der Waals surface area contributed by atoms with Gasteiger partial charge in [-0.15, -0.1) is 0 Å². The molecule has 1 unspecified atom stereocenters. The largest absolute Gasteiger partial charge is 0.493 e. The molecular weight excluding hydrogens is 380 g/mol. The van der Waals surface area contributed by atoms with Gasteiger partial charge in [0.25, 0.3) is 5.91 Å². The van der Waals surface area contributed by atoms with Gasteiger partial charge in [-0.3, -0.25) is 9.59 Å². The van der Waals surface area contributed by atoms with Gasteiger partial charge < -0.3 is 19.7 Å². The summed E-state index contributed by atoms with van der Waals surface area (Å²) >= 11 is 0. The van der Waals surface area contributed by atoms with Crippen molar-refractivity contribution >= 4 is 11.8 Å². The maximum absolute atomic E-state index is 13.5. The minimum atomic E-state index is -0.596. The summed E-state index contributed by atoms with van der Waals surface area (Å²) in [6.07, 6.45) is 0.725. The molecule has 1 N–H and O–H groups in total. The van der Waals surface area contributed by atoms with E-state index in [0.29, 0.717) is 23.6 Å². The Labute approximate surface area is 178 Å². The second-order valence-corrected chi connectivity index (χ2v) is 7.92. The van der Waals surface area contributed by atoms with Crippen LogP contribution in [-0.4, -0.2) is 43.5 Å². The first-order valence-electron chi connectivity index (χ1n) is 10.3. The van der Waals surface area contributed by atoms with Gasteiger partial charge in [0.15, 0.2) is 11.5 Å². The molecule has 0 aromatic heterocycles. The minimum Gasteiger partial charge on any atom is -0.493 e. The van der Waals surface area contributed by atoms with Gasteiger partial charge in [-0.1, -0.05) is 32.0 Å². The van der Waals surface area contributed by atoms with Crippen molar-refractivity contribution in [2.75, 3.05) is 20.8 Å². The standard InChI is InChI=1S/C24H30N2O4/c1-15(2)22(25-23(27)17-9-7-6-8-10-17)24(28)26-12-11-18-13-20(29-4)21(30-5)14-19(18)16(26)3/h6-10,13-16,22H,11-12H2,1-5H3,(H,25,27)/t16?,22-/m0/s1. The number of benzene rings is 2. The molecule has 0 aliphatic carbocycles. The maximum atomic E-state index is 13.5. The van der Waals surface area contributed by atoms with Crippen molar-refractivity contribution in [3.63, 3.8) is 0 Å². The SMILES string of the molecule is COc1cc2c(cc1OC)C(C)N(C(=O)[C@@H](NC(=O)c1ccccc1)C(C)C)CC2. The second kappa shape index (κ2) is 9.20. The number of nitrogens with zero attached hydrogens (tertiary/aromatic N) is 1. The molecule has 160 valence electrons. The van der Waals surface area contributed by atoms with Gasteiger partial charge >= 0.3 is 0 Å². The molecule has 0 saturated carbocycles. The third-order valence-electron chi connectivity index (χ3n) is 5.72. The van der Waals surface area contributed by atoms with Crippen molar-refractivity contribution < 1.29 is 19.1 Å². The highest BCUT2D eigenvalue weighted by Gasteiger charge is 2.35. The van der Waals surface area contributed by atoms with Crippen LogP contribution in [0.1, 0.15) is 48.3 Å². The van der Waals surface area contributed by atoms with Crippen molar-refractivity contribution in [2.45, 2.75) is 39.3 Å². The molecule has 0 radical (unpaired) electrons. The Morgan fingerprint density at radius 1 is 1.07 bits per heavy atom. The molecule has 1 heterocycles. The van der Waals surface area contributed by atoms with E-state index in [1.165, 1.54) is 0 Å². The Kier molecular flexibility index (Phi) is 6.65. The summed E-state index contributed by atoms with van der Waals surface area (Å²) in [6, 6.07) is 12.2. The zero-order chi connectivity index (χ0) is 21.8.